The van der Waals surface area contributed by atoms with Gasteiger partial charge in [0.2, 0.25) is 10.4 Å². The maximum Gasteiger partial charge on any atom is 0.409 e. The van der Waals surface area contributed by atoms with Crippen molar-refractivity contribution in [3.63, 3.8) is 0 Å². The molecule has 0 amide bonds. The average Bonchev–Trinajstić information content (AvgIpc) is 3.33. The Kier molecular flexibility index (Phi) is 7.25. The van der Waals surface area contributed by atoms with Crippen LogP contribution in [0.25, 0.3) is 21.1 Å². The van der Waals surface area contributed by atoms with E-state index in [0.29, 0.717) is 6.54 Å². The Balaban J connectivity index is 0.000000401. The second kappa shape index (κ2) is 9.89. The summed E-state index contributed by atoms with van der Waals surface area (Å²) in [6.45, 7) is 0.636. The number of aromatic nitrogens is 3. The van der Waals surface area contributed by atoms with Crippen LogP contribution >= 0.6 is 11.3 Å². The van der Waals surface area contributed by atoms with Crippen LogP contribution in [-0.4, -0.2) is 48.5 Å². The lowest BCUT2D eigenvalue weighted by atomic mass is 10.2. The Bertz CT molecular complexity index is 1300. The predicted octanol–water partition coefficient (Wildman–Crippen LogP) is 2.51. The van der Waals surface area contributed by atoms with E-state index in [-0.39, 0.29) is 6.61 Å². The second-order valence-corrected chi connectivity index (χ2v) is 8.35. The number of thiazole rings is 1. The predicted molar refractivity (Wildman–Crippen MR) is 116 cm³/mol. The molecule has 4 rings (SSSR count). The number of nitrogens with zero attached hydrogens (tertiary/aromatic N) is 4. The molecular weight excluding hydrogens is 444 g/mol. The van der Waals surface area contributed by atoms with Crippen molar-refractivity contribution in [3.05, 3.63) is 42.6 Å². The Labute approximate surface area is 182 Å². The van der Waals surface area contributed by atoms with Gasteiger partial charge in [-0.05, 0) is 46.8 Å². The summed E-state index contributed by atoms with van der Waals surface area (Å²) in [4.78, 5) is 0. The van der Waals surface area contributed by atoms with Crippen molar-refractivity contribution in [2.75, 3.05) is 25.6 Å². The third-order valence-corrected chi connectivity index (χ3v) is 5.63. The zero-order valence-electron chi connectivity index (χ0n) is 16.6. The van der Waals surface area contributed by atoms with E-state index in [2.05, 4.69) is 42.1 Å². The number of fused-ring (bicyclic) bond motifs is 2. The van der Waals surface area contributed by atoms with Crippen LogP contribution < -0.4 is 9.88 Å². The molecule has 164 valence electrons. The van der Waals surface area contributed by atoms with Crippen LogP contribution in [0.1, 0.15) is 0 Å². The summed E-state index contributed by atoms with van der Waals surface area (Å²) in [7, 11) is -1.62. The number of anilines is 1. The average molecular weight is 465 g/mol. The van der Waals surface area contributed by atoms with E-state index in [1.54, 1.807) is 11.3 Å². The molecule has 0 aliphatic heterocycles. The van der Waals surface area contributed by atoms with Gasteiger partial charge in [-0.25, -0.2) is 13.0 Å². The van der Waals surface area contributed by atoms with E-state index < -0.39 is 10.4 Å². The van der Waals surface area contributed by atoms with Gasteiger partial charge in [-0.15, -0.1) is 0 Å². The molecule has 2 aromatic heterocycles. The van der Waals surface area contributed by atoms with Crippen molar-refractivity contribution in [1.82, 2.24) is 10.2 Å². The first-order valence-electron chi connectivity index (χ1n) is 8.94. The van der Waals surface area contributed by atoms with Crippen molar-refractivity contribution in [1.29, 1.82) is 0 Å². The van der Waals surface area contributed by atoms with Gasteiger partial charge in [-0.2, -0.15) is 5.10 Å². The number of rotatable bonds is 6. The normalized spacial score (nSPS) is 11.7. The van der Waals surface area contributed by atoms with Gasteiger partial charge in [-0.3, -0.25) is 9.28 Å². The van der Waals surface area contributed by atoms with Gasteiger partial charge in [0, 0.05) is 23.7 Å². The minimum Gasteiger partial charge on any atom is -0.726 e. The van der Waals surface area contributed by atoms with Crippen molar-refractivity contribution in [2.45, 2.75) is 0 Å². The van der Waals surface area contributed by atoms with E-state index in [1.807, 2.05) is 42.1 Å². The number of aliphatic hydroxyl groups is 1. The molecule has 0 fully saturated rings. The Hall–Kier alpha value is -2.97. The smallest absolute Gasteiger partial charge is 0.409 e. The molecule has 2 aromatic carbocycles. The fourth-order valence-electron chi connectivity index (χ4n) is 2.61. The molecule has 0 aliphatic carbocycles. The van der Waals surface area contributed by atoms with Gasteiger partial charge >= 0.3 is 5.13 Å². The van der Waals surface area contributed by atoms with E-state index >= 15 is 0 Å². The number of nitrogens with one attached hydrogen (secondary N) is 2. The van der Waals surface area contributed by atoms with Crippen LogP contribution in [0, 0.1) is 0 Å². The fraction of sp³-hybridized carbons (Fsp3) is 0.222. The highest BCUT2D eigenvalue weighted by molar-refractivity contribution is 7.80. The number of azo groups is 1. The molecule has 0 saturated heterocycles. The molecule has 0 aliphatic rings. The quantitative estimate of drug-likeness (QED) is 0.171. The minimum absolute atomic E-state index is 0.106. The maximum atomic E-state index is 9.22. The fourth-order valence-corrected chi connectivity index (χ4v) is 3.61. The second-order valence-electron chi connectivity index (χ2n) is 6.19. The first kappa shape index (κ1) is 22.7. The maximum absolute atomic E-state index is 9.22. The standard InChI is InChI=1S/C17H16N6OS.CH4O4S/c1-23-15-9-14-11(10-19-21-14)8-16(15)25-17(23)22-20-13-4-2-12(3-5-13)18-6-7-24;1-5-6(2,3)4/h2-5,8-10,24H,6-7H2,1H3,(H,19,21);1H3,(H,2,3,4). The molecule has 0 unspecified atom stereocenters. The van der Waals surface area contributed by atoms with Gasteiger partial charge in [0.05, 0.1) is 42.3 Å². The van der Waals surface area contributed by atoms with Crippen LogP contribution in [0.2, 0.25) is 0 Å². The van der Waals surface area contributed by atoms with Crippen LogP contribution in [0.15, 0.2) is 52.8 Å². The summed E-state index contributed by atoms with van der Waals surface area (Å²) in [5.74, 6) is 0. The van der Waals surface area contributed by atoms with Crippen molar-refractivity contribution in [2.24, 2.45) is 17.3 Å². The lowest BCUT2D eigenvalue weighted by Gasteiger charge is -2.02. The molecule has 0 radical (unpaired) electrons. The summed E-state index contributed by atoms with van der Waals surface area (Å²) >= 11 is 1.60. The molecule has 0 spiro atoms. The summed E-state index contributed by atoms with van der Waals surface area (Å²) in [5.41, 5.74) is 3.84. The highest BCUT2D eigenvalue weighted by atomic mass is 32.3. The number of benzene rings is 2. The summed E-state index contributed by atoms with van der Waals surface area (Å²) in [5, 5.41) is 29.6. The van der Waals surface area contributed by atoms with Gasteiger partial charge in [0.25, 0.3) is 0 Å². The first-order chi connectivity index (χ1) is 14.8. The van der Waals surface area contributed by atoms with Crippen molar-refractivity contribution in [3.8, 4) is 0 Å². The summed E-state index contributed by atoms with van der Waals surface area (Å²) < 4.78 is 34.2. The van der Waals surface area contributed by atoms with Crippen molar-refractivity contribution >= 4 is 59.4 Å². The first-order valence-corrected chi connectivity index (χ1v) is 11.1. The number of hydrogen-bond donors (Lipinski definition) is 3. The topological polar surface area (TPSA) is 156 Å². The van der Waals surface area contributed by atoms with Crippen LogP contribution in [0.4, 0.5) is 16.5 Å². The number of H-pyrrole nitrogens is 1. The Morgan fingerprint density at radius 3 is 2.65 bits per heavy atom. The molecular formula is C18H20N6O5S2. The Morgan fingerprint density at radius 1 is 1.29 bits per heavy atom. The van der Waals surface area contributed by atoms with Crippen LogP contribution in [-0.2, 0) is 21.6 Å². The lowest BCUT2D eigenvalue weighted by Crippen LogP contribution is -2.25. The van der Waals surface area contributed by atoms with Crippen molar-refractivity contribution < 1.29 is 26.8 Å². The van der Waals surface area contributed by atoms with Gasteiger partial charge < -0.3 is 15.0 Å². The van der Waals surface area contributed by atoms with E-state index in [1.165, 1.54) is 0 Å². The number of aryl methyl sites for hydroxylation is 1. The number of aromatic amines is 1. The van der Waals surface area contributed by atoms with Gasteiger partial charge in [0.1, 0.15) is 11.2 Å². The monoisotopic (exact) mass is 464 g/mol. The molecule has 3 N–H and O–H groups in total. The number of hydrogen-bond acceptors (Lipinski definition) is 10. The molecule has 0 atom stereocenters. The van der Waals surface area contributed by atoms with Crippen LogP contribution in [0.3, 0.4) is 0 Å². The SMILES string of the molecule is COS(=O)(=O)[O-].C[n+]1c(N=Nc2ccc(NCCO)cc2)sc2cc3cn[nH]c3cc21. The number of aliphatic hydroxyl groups excluding tert-OH is 1. The lowest BCUT2D eigenvalue weighted by molar-refractivity contribution is -0.627. The molecule has 2 heterocycles. The summed E-state index contributed by atoms with van der Waals surface area (Å²) in [6, 6.07) is 11.8. The zero-order valence-corrected chi connectivity index (χ0v) is 18.3. The third-order valence-electron chi connectivity index (χ3n) is 4.13. The molecule has 0 saturated carbocycles. The highest BCUT2D eigenvalue weighted by Gasteiger charge is 2.17. The van der Waals surface area contributed by atoms with Crippen LogP contribution in [0.5, 0.6) is 0 Å². The molecule has 31 heavy (non-hydrogen) atoms. The molecule has 4 aromatic rings. The molecule has 11 nitrogen and oxygen atoms in total. The van der Waals surface area contributed by atoms with E-state index in [0.717, 1.165) is 44.7 Å². The molecule has 0 bridgehead atoms. The zero-order chi connectivity index (χ0) is 22.4. The summed E-state index contributed by atoms with van der Waals surface area (Å²) in [6.07, 6.45) is 1.82. The largest absolute Gasteiger partial charge is 0.726 e. The van der Waals surface area contributed by atoms with Gasteiger partial charge in [-0.1, -0.05) is 0 Å². The van der Waals surface area contributed by atoms with E-state index in [4.69, 9.17) is 5.11 Å². The highest BCUT2D eigenvalue weighted by Crippen LogP contribution is 2.30. The van der Waals surface area contributed by atoms with E-state index in [9.17, 15) is 13.0 Å². The minimum atomic E-state index is -4.41. The Morgan fingerprint density at radius 2 is 2.00 bits per heavy atom. The van der Waals surface area contributed by atoms with Gasteiger partial charge in [0.15, 0.2) is 0 Å². The third kappa shape index (κ3) is 6.02. The molecule has 13 heteroatoms.